The molecule has 0 heterocycles. The molecule has 1 aromatic carbocycles. The van der Waals surface area contributed by atoms with E-state index in [9.17, 15) is 9.59 Å². The van der Waals surface area contributed by atoms with Gasteiger partial charge >= 0.3 is 0 Å². The third-order valence-corrected chi connectivity index (χ3v) is 2.34. The van der Waals surface area contributed by atoms with Crippen molar-refractivity contribution in [3.8, 4) is 5.75 Å². The molecule has 0 unspecified atom stereocenters. The second-order valence-electron chi connectivity index (χ2n) is 3.77. The van der Waals surface area contributed by atoms with Gasteiger partial charge < -0.3 is 20.1 Å². The number of ether oxygens (including phenoxy) is 2. The van der Waals surface area contributed by atoms with E-state index in [-0.39, 0.29) is 18.4 Å². The van der Waals surface area contributed by atoms with Gasteiger partial charge in [0.05, 0.1) is 7.11 Å². The molecule has 1 aromatic rings. The molecule has 19 heavy (non-hydrogen) atoms. The third kappa shape index (κ3) is 5.39. The van der Waals surface area contributed by atoms with Crippen LogP contribution in [-0.2, 0) is 9.53 Å². The molecular formula is C13H18N2O4. The molecule has 2 N–H and O–H groups in total. The number of nitrogens with one attached hydrogen (secondary N) is 2. The zero-order valence-corrected chi connectivity index (χ0v) is 11.1. The molecule has 1 rings (SSSR count). The van der Waals surface area contributed by atoms with Crippen molar-refractivity contribution < 1.29 is 19.1 Å². The van der Waals surface area contributed by atoms with Crippen molar-refractivity contribution in [1.29, 1.82) is 0 Å². The molecule has 0 saturated heterocycles. The summed E-state index contributed by atoms with van der Waals surface area (Å²) in [6, 6.07) is 6.86. The molecule has 0 saturated carbocycles. The zero-order valence-electron chi connectivity index (χ0n) is 11.1. The first-order valence-electron chi connectivity index (χ1n) is 5.85. The molecule has 2 amide bonds. The molecule has 0 atom stereocenters. The van der Waals surface area contributed by atoms with Crippen LogP contribution in [0, 0.1) is 0 Å². The summed E-state index contributed by atoms with van der Waals surface area (Å²) in [6.07, 6.45) is 0. The lowest BCUT2D eigenvalue weighted by Gasteiger charge is -2.07. The number of hydrogen-bond donors (Lipinski definition) is 2. The number of benzene rings is 1. The van der Waals surface area contributed by atoms with Crippen LogP contribution in [-0.4, -0.2) is 45.7 Å². The summed E-state index contributed by atoms with van der Waals surface area (Å²) < 4.78 is 9.70. The van der Waals surface area contributed by atoms with Crippen molar-refractivity contribution in [2.24, 2.45) is 0 Å². The fourth-order valence-corrected chi connectivity index (χ4v) is 1.43. The Morgan fingerprint density at radius 2 is 1.89 bits per heavy atom. The summed E-state index contributed by atoms with van der Waals surface area (Å²) in [5.74, 6) is 0.207. The van der Waals surface area contributed by atoms with E-state index in [1.165, 1.54) is 7.11 Å². The predicted molar refractivity (Wildman–Crippen MR) is 70.2 cm³/mol. The Hall–Kier alpha value is -2.08. The lowest BCUT2D eigenvalue weighted by Crippen LogP contribution is -2.36. The fourth-order valence-electron chi connectivity index (χ4n) is 1.43. The maximum atomic E-state index is 11.8. The Kier molecular flexibility index (Phi) is 6.38. The van der Waals surface area contributed by atoms with E-state index in [1.54, 1.807) is 31.4 Å². The summed E-state index contributed by atoms with van der Waals surface area (Å²) in [5, 5.41) is 5.31. The summed E-state index contributed by atoms with van der Waals surface area (Å²) in [7, 11) is 2.99. The van der Waals surface area contributed by atoms with E-state index in [2.05, 4.69) is 15.4 Å². The Bertz CT molecular complexity index is 434. The largest absolute Gasteiger partial charge is 0.497 e. The predicted octanol–water partition coefficient (Wildman–Crippen LogP) is 0.188. The van der Waals surface area contributed by atoms with Gasteiger partial charge in [-0.3, -0.25) is 9.59 Å². The first kappa shape index (κ1) is 15.0. The number of methoxy groups -OCH3 is 2. The minimum absolute atomic E-state index is 0.0177. The first-order valence-corrected chi connectivity index (χ1v) is 5.85. The third-order valence-electron chi connectivity index (χ3n) is 2.34. The summed E-state index contributed by atoms with van der Waals surface area (Å²) in [6.45, 7) is 0.729. The van der Waals surface area contributed by atoms with Crippen LogP contribution in [0.4, 0.5) is 0 Å². The second-order valence-corrected chi connectivity index (χ2v) is 3.77. The Labute approximate surface area is 112 Å². The molecule has 0 radical (unpaired) electrons. The van der Waals surface area contributed by atoms with Crippen LogP contribution in [0.15, 0.2) is 24.3 Å². The highest BCUT2D eigenvalue weighted by atomic mass is 16.5. The van der Waals surface area contributed by atoms with Crippen LogP contribution in [0.3, 0.4) is 0 Å². The maximum absolute atomic E-state index is 11.8. The summed E-state index contributed by atoms with van der Waals surface area (Å²) in [5.41, 5.74) is 0.516. The molecule has 0 fully saturated rings. The minimum Gasteiger partial charge on any atom is -0.497 e. The Morgan fingerprint density at radius 3 is 2.58 bits per heavy atom. The molecule has 0 aliphatic heterocycles. The Balaban J connectivity index is 2.33. The zero-order chi connectivity index (χ0) is 14.1. The van der Waals surface area contributed by atoms with Crippen molar-refractivity contribution in [1.82, 2.24) is 10.6 Å². The molecule has 0 aliphatic rings. The first-order chi connectivity index (χ1) is 9.17. The number of amides is 2. The van der Waals surface area contributed by atoms with E-state index < -0.39 is 0 Å². The van der Waals surface area contributed by atoms with E-state index in [0.717, 1.165) is 0 Å². The van der Waals surface area contributed by atoms with Crippen LogP contribution in [0.2, 0.25) is 0 Å². The average Bonchev–Trinajstić information content (AvgIpc) is 2.43. The molecule has 0 aliphatic carbocycles. The fraction of sp³-hybridized carbons (Fsp3) is 0.385. The van der Waals surface area contributed by atoms with Gasteiger partial charge in [0.1, 0.15) is 12.4 Å². The van der Waals surface area contributed by atoms with Gasteiger partial charge in [-0.1, -0.05) is 6.07 Å². The molecule has 0 bridgehead atoms. The van der Waals surface area contributed by atoms with E-state index >= 15 is 0 Å². The standard InChI is InChI=1S/C13H18N2O4/c1-18-9-12(16)14-6-7-15-13(17)10-4-3-5-11(8-10)19-2/h3-5,8H,6-7,9H2,1-2H3,(H,14,16)(H,15,17). The highest BCUT2D eigenvalue weighted by Crippen LogP contribution is 2.11. The lowest BCUT2D eigenvalue weighted by molar-refractivity contribution is -0.124. The monoisotopic (exact) mass is 266 g/mol. The average molecular weight is 266 g/mol. The highest BCUT2D eigenvalue weighted by molar-refractivity contribution is 5.94. The SMILES string of the molecule is COCC(=O)NCCNC(=O)c1cccc(OC)c1. The number of carbonyl (C=O) groups excluding carboxylic acids is 2. The van der Waals surface area contributed by atoms with Crippen molar-refractivity contribution in [3.63, 3.8) is 0 Å². The van der Waals surface area contributed by atoms with Gasteiger partial charge in [-0.2, -0.15) is 0 Å². The van der Waals surface area contributed by atoms with Crippen molar-refractivity contribution in [2.75, 3.05) is 33.9 Å². The Morgan fingerprint density at radius 1 is 1.16 bits per heavy atom. The summed E-state index contributed by atoms with van der Waals surface area (Å²) >= 11 is 0. The van der Waals surface area contributed by atoms with Crippen molar-refractivity contribution in [2.45, 2.75) is 0 Å². The molecule has 104 valence electrons. The highest BCUT2D eigenvalue weighted by Gasteiger charge is 2.06. The molecule has 0 aromatic heterocycles. The quantitative estimate of drug-likeness (QED) is 0.691. The van der Waals surface area contributed by atoms with Crippen LogP contribution >= 0.6 is 0 Å². The smallest absolute Gasteiger partial charge is 0.251 e. The lowest BCUT2D eigenvalue weighted by atomic mass is 10.2. The van der Waals surface area contributed by atoms with Gasteiger partial charge in [0.2, 0.25) is 5.91 Å². The normalized spacial score (nSPS) is 9.79. The van der Waals surface area contributed by atoms with Crippen LogP contribution < -0.4 is 15.4 Å². The van der Waals surface area contributed by atoms with Crippen molar-refractivity contribution in [3.05, 3.63) is 29.8 Å². The van der Waals surface area contributed by atoms with Gasteiger partial charge in [-0.25, -0.2) is 0 Å². The number of hydrogen-bond acceptors (Lipinski definition) is 4. The van der Waals surface area contributed by atoms with E-state index in [1.807, 2.05) is 0 Å². The van der Waals surface area contributed by atoms with Crippen LogP contribution in [0.5, 0.6) is 5.75 Å². The summed E-state index contributed by atoms with van der Waals surface area (Å²) in [4.78, 5) is 22.9. The number of rotatable bonds is 7. The molecular weight excluding hydrogens is 248 g/mol. The topological polar surface area (TPSA) is 76.7 Å². The van der Waals surface area contributed by atoms with Crippen LogP contribution in [0.25, 0.3) is 0 Å². The van der Waals surface area contributed by atoms with Gasteiger partial charge in [0.25, 0.3) is 5.91 Å². The van der Waals surface area contributed by atoms with Gasteiger partial charge in [-0.15, -0.1) is 0 Å². The maximum Gasteiger partial charge on any atom is 0.251 e. The van der Waals surface area contributed by atoms with Crippen LogP contribution in [0.1, 0.15) is 10.4 Å². The molecule has 6 heteroatoms. The number of carbonyl (C=O) groups is 2. The van der Waals surface area contributed by atoms with Crippen molar-refractivity contribution >= 4 is 11.8 Å². The molecule has 0 spiro atoms. The van der Waals surface area contributed by atoms with Gasteiger partial charge in [-0.05, 0) is 18.2 Å². The van der Waals surface area contributed by atoms with E-state index in [4.69, 9.17) is 4.74 Å². The van der Waals surface area contributed by atoms with E-state index in [0.29, 0.717) is 24.4 Å². The van der Waals surface area contributed by atoms with Gasteiger partial charge in [0.15, 0.2) is 0 Å². The molecule has 6 nitrogen and oxygen atoms in total. The minimum atomic E-state index is -0.210. The van der Waals surface area contributed by atoms with Gasteiger partial charge in [0, 0.05) is 25.8 Å². The second kappa shape index (κ2) is 8.10.